The Labute approximate surface area is 191 Å². The third-order valence-corrected chi connectivity index (χ3v) is 6.48. The summed E-state index contributed by atoms with van der Waals surface area (Å²) in [6.07, 6.45) is -3.95. The second-order valence-electron chi connectivity index (χ2n) is 7.77. The van der Waals surface area contributed by atoms with Gasteiger partial charge in [0.2, 0.25) is 0 Å². The van der Waals surface area contributed by atoms with Crippen LogP contribution in [0.2, 0.25) is 0 Å². The molecule has 0 saturated carbocycles. The monoisotopic (exact) mass is 471 g/mol. The molecule has 0 unspecified atom stereocenters. The van der Waals surface area contributed by atoms with E-state index in [0.29, 0.717) is 38.5 Å². The van der Waals surface area contributed by atoms with E-state index in [2.05, 4.69) is 9.97 Å². The Kier molecular flexibility index (Phi) is 6.07. The number of nitrogens with zero attached hydrogens (tertiary/aromatic N) is 2. The number of carbonyl (C=O) groups excluding carboxylic acids is 1. The van der Waals surface area contributed by atoms with Gasteiger partial charge in [0.1, 0.15) is 10.7 Å². The first kappa shape index (κ1) is 22.7. The second-order valence-corrected chi connectivity index (χ2v) is 8.77. The van der Waals surface area contributed by atoms with Crippen molar-refractivity contribution in [1.29, 1.82) is 0 Å². The molecule has 0 bridgehead atoms. The smallest absolute Gasteiger partial charge is 0.337 e. The first-order valence-electron chi connectivity index (χ1n) is 10.1. The Morgan fingerprint density at radius 1 is 1.06 bits per heavy atom. The van der Waals surface area contributed by atoms with Gasteiger partial charge in [0.05, 0.1) is 15.8 Å². The second kappa shape index (κ2) is 8.82. The first-order valence-corrected chi connectivity index (χ1v) is 10.9. The molecule has 5 nitrogen and oxygen atoms in total. The van der Waals surface area contributed by atoms with Crippen LogP contribution in [0.1, 0.15) is 37.7 Å². The number of alkyl halides is 3. The van der Waals surface area contributed by atoms with E-state index in [1.165, 1.54) is 17.0 Å². The maximum Gasteiger partial charge on any atom is 0.416 e. The predicted octanol–water partition coefficient (Wildman–Crippen LogP) is 5.17. The predicted molar refractivity (Wildman–Crippen MR) is 121 cm³/mol. The topological polar surface area (TPSA) is 66.1 Å². The summed E-state index contributed by atoms with van der Waals surface area (Å²) in [5, 5.41) is 0.378. The Morgan fingerprint density at radius 2 is 1.73 bits per heavy atom. The van der Waals surface area contributed by atoms with Crippen LogP contribution < -0.4 is 5.56 Å². The molecule has 0 fully saturated rings. The van der Waals surface area contributed by atoms with E-state index in [-0.39, 0.29) is 18.0 Å². The standard InChI is InChI=1S/C24H20F3N3O2S/c1-14-19-21(31)28-18(12-15-6-4-3-5-7-15)29-22(19)33-20(14)23(32)30(2)13-16-8-10-17(11-9-16)24(25,26)27/h3-11H,12-13H2,1-2H3,(H,28,29,31). The van der Waals surface area contributed by atoms with Gasteiger partial charge in [-0.15, -0.1) is 11.3 Å². The molecule has 4 rings (SSSR count). The molecule has 1 N–H and O–H groups in total. The number of carbonyl (C=O) groups is 1. The van der Waals surface area contributed by atoms with Gasteiger partial charge in [-0.1, -0.05) is 42.5 Å². The van der Waals surface area contributed by atoms with Crippen molar-refractivity contribution in [2.45, 2.75) is 26.1 Å². The highest BCUT2D eigenvalue weighted by Crippen LogP contribution is 2.30. The minimum absolute atomic E-state index is 0.133. The third-order valence-electron chi connectivity index (χ3n) is 5.31. The highest BCUT2D eigenvalue weighted by molar-refractivity contribution is 7.20. The van der Waals surface area contributed by atoms with E-state index in [9.17, 15) is 22.8 Å². The van der Waals surface area contributed by atoms with Gasteiger partial charge in [0.25, 0.3) is 11.5 Å². The molecule has 2 aromatic carbocycles. The van der Waals surface area contributed by atoms with Crippen LogP contribution in [0.25, 0.3) is 10.2 Å². The van der Waals surface area contributed by atoms with Crippen LogP contribution in [0.15, 0.2) is 59.4 Å². The number of benzene rings is 2. The van der Waals surface area contributed by atoms with E-state index in [1.807, 2.05) is 30.3 Å². The number of H-pyrrole nitrogens is 1. The molecule has 0 saturated heterocycles. The number of aromatic amines is 1. The minimum atomic E-state index is -4.41. The van der Waals surface area contributed by atoms with Gasteiger partial charge < -0.3 is 9.88 Å². The van der Waals surface area contributed by atoms with Crippen LogP contribution in [0.4, 0.5) is 13.2 Å². The highest BCUT2D eigenvalue weighted by Gasteiger charge is 2.30. The van der Waals surface area contributed by atoms with Gasteiger partial charge in [-0.2, -0.15) is 13.2 Å². The summed E-state index contributed by atoms with van der Waals surface area (Å²) in [5.74, 6) is 0.191. The van der Waals surface area contributed by atoms with Crippen LogP contribution in [-0.4, -0.2) is 27.8 Å². The number of aromatic nitrogens is 2. The average Bonchev–Trinajstić information content (AvgIpc) is 3.10. The van der Waals surface area contributed by atoms with E-state index < -0.39 is 11.7 Å². The van der Waals surface area contributed by atoms with Crippen LogP contribution >= 0.6 is 11.3 Å². The molecule has 0 aliphatic carbocycles. The summed E-state index contributed by atoms with van der Waals surface area (Å²) in [7, 11) is 1.57. The van der Waals surface area contributed by atoms with Gasteiger partial charge in [0, 0.05) is 20.0 Å². The highest BCUT2D eigenvalue weighted by atomic mass is 32.1. The number of rotatable bonds is 5. The summed E-state index contributed by atoms with van der Waals surface area (Å²) in [6, 6.07) is 14.3. The lowest BCUT2D eigenvalue weighted by molar-refractivity contribution is -0.137. The van der Waals surface area contributed by atoms with Gasteiger partial charge in [-0.3, -0.25) is 9.59 Å². The van der Waals surface area contributed by atoms with Gasteiger partial charge in [-0.05, 0) is 35.7 Å². The van der Waals surface area contributed by atoms with E-state index in [1.54, 1.807) is 14.0 Å². The number of aryl methyl sites for hydroxylation is 1. The molecule has 0 spiro atoms. The number of fused-ring (bicyclic) bond motifs is 1. The summed E-state index contributed by atoms with van der Waals surface area (Å²) in [4.78, 5) is 35.4. The maximum atomic E-state index is 13.1. The Morgan fingerprint density at radius 3 is 2.36 bits per heavy atom. The SMILES string of the molecule is Cc1c(C(=O)N(C)Cc2ccc(C(F)(F)F)cc2)sc2nc(Cc3ccccc3)[nH]c(=O)c12. The molecule has 0 aliphatic heterocycles. The minimum Gasteiger partial charge on any atom is -0.337 e. The van der Waals surface area contributed by atoms with Crippen molar-refractivity contribution in [2.75, 3.05) is 7.05 Å². The number of hydrogen-bond acceptors (Lipinski definition) is 4. The van der Waals surface area contributed by atoms with Gasteiger partial charge in [0.15, 0.2) is 0 Å². The summed E-state index contributed by atoms with van der Waals surface area (Å²) < 4.78 is 38.3. The number of thiophene rings is 1. The van der Waals surface area contributed by atoms with Crippen molar-refractivity contribution in [3.8, 4) is 0 Å². The van der Waals surface area contributed by atoms with E-state index in [4.69, 9.17) is 0 Å². The number of nitrogens with one attached hydrogen (secondary N) is 1. The quantitative estimate of drug-likeness (QED) is 0.437. The molecule has 4 aromatic rings. The van der Waals surface area contributed by atoms with Crippen molar-refractivity contribution in [1.82, 2.24) is 14.9 Å². The number of amides is 1. The Hall–Kier alpha value is -3.46. The fourth-order valence-corrected chi connectivity index (χ4v) is 4.78. The van der Waals surface area contributed by atoms with Gasteiger partial charge in [-0.25, -0.2) is 4.98 Å². The summed E-state index contributed by atoms with van der Waals surface area (Å²) >= 11 is 1.14. The Bertz CT molecular complexity index is 1360. The molecule has 9 heteroatoms. The van der Waals surface area contributed by atoms with Crippen molar-refractivity contribution >= 4 is 27.5 Å². The zero-order valence-corrected chi connectivity index (χ0v) is 18.7. The van der Waals surface area contributed by atoms with Crippen LogP contribution in [0, 0.1) is 6.92 Å². The number of hydrogen-bond donors (Lipinski definition) is 1. The molecular weight excluding hydrogens is 451 g/mol. The van der Waals surface area contributed by atoms with Crippen LogP contribution in [0.3, 0.4) is 0 Å². The maximum absolute atomic E-state index is 13.1. The molecule has 2 heterocycles. The zero-order chi connectivity index (χ0) is 23.8. The Balaban J connectivity index is 1.58. The lowest BCUT2D eigenvalue weighted by atomic mass is 10.1. The lowest BCUT2D eigenvalue weighted by Crippen LogP contribution is -2.26. The van der Waals surface area contributed by atoms with Gasteiger partial charge >= 0.3 is 6.18 Å². The average molecular weight is 472 g/mol. The van der Waals surface area contributed by atoms with Crippen molar-refractivity contribution in [3.05, 3.63) is 97.9 Å². The number of halogens is 3. The molecule has 0 radical (unpaired) electrons. The normalized spacial score (nSPS) is 11.7. The lowest BCUT2D eigenvalue weighted by Gasteiger charge is -2.17. The first-order chi connectivity index (χ1) is 15.6. The molecule has 1 amide bonds. The van der Waals surface area contributed by atoms with Crippen molar-refractivity contribution < 1.29 is 18.0 Å². The summed E-state index contributed by atoms with van der Waals surface area (Å²) in [5.41, 5.74) is 1.07. The summed E-state index contributed by atoms with van der Waals surface area (Å²) in [6.45, 7) is 1.83. The van der Waals surface area contributed by atoms with E-state index in [0.717, 1.165) is 29.0 Å². The van der Waals surface area contributed by atoms with Crippen LogP contribution in [0.5, 0.6) is 0 Å². The fraction of sp³-hybridized carbons (Fsp3) is 0.208. The molecule has 170 valence electrons. The van der Waals surface area contributed by atoms with Crippen molar-refractivity contribution in [2.24, 2.45) is 0 Å². The molecule has 2 aromatic heterocycles. The molecule has 0 atom stereocenters. The van der Waals surface area contributed by atoms with Crippen LogP contribution in [-0.2, 0) is 19.1 Å². The fourth-order valence-electron chi connectivity index (χ4n) is 3.58. The zero-order valence-electron chi connectivity index (χ0n) is 17.9. The molecule has 0 aliphatic rings. The van der Waals surface area contributed by atoms with Crippen molar-refractivity contribution in [3.63, 3.8) is 0 Å². The third kappa shape index (κ3) is 4.83. The molecule has 33 heavy (non-hydrogen) atoms. The molecular formula is C24H20F3N3O2S. The van der Waals surface area contributed by atoms with E-state index >= 15 is 0 Å². The largest absolute Gasteiger partial charge is 0.416 e.